The summed E-state index contributed by atoms with van der Waals surface area (Å²) in [5.74, 6) is 1.70. The molecular weight excluding hydrogens is 308 g/mol. The van der Waals surface area contributed by atoms with E-state index in [-0.39, 0.29) is 5.43 Å². The normalized spacial score (nSPS) is 10.9. The Hall–Kier alpha value is -3.48. The molecule has 0 atom stereocenters. The number of nitrogens with one attached hydrogen (secondary N) is 1. The van der Waals surface area contributed by atoms with Crippen molar-refractivity contribution in [3.8, 4) is 28.5 Å². The van der Waals surface area contributed by atoms with Crippen molar-refractivity contribution in [1.29, 1.82) is 0 Å². The molecule has 0 saturated heterocycles. The van der Waals surface area contributed by atoms with Gasteiger partial charge in [-0.3, -0.25) is 4.79 Å². The molecule has 7 nitrogen and oxygen atoms in total. The molecular formula is C17H12N4O3. The minimum atomic E-state index is -0.0996. The van der Waals surface area contributed by atoms with Crippen LogP contribution in [-0.2, 0) is 0 Å². The number of ether oxygens (including phenoxy) is 1. The van der Waals surface area contributed by atoms with Crippen molar-refractivity contribution >= 4 is 11.0 Å². The Kier molecular flexibility index (Phi) is 3.31. The van der Waals surface area contributed by atoms with Gasteiger partial charge in [-0.1, -0.05) is 24.3 Å². The Balaban J connectivity index is 1.79. The van der Waals surface area contributed by atoms with E-state index in [0.29, 0.717) is 28.3 Å². The molecule has 0 bridgehead atoms. The van der Waals surface area contributed by atoms with Gasteiger partial charge in [0.05, 0.1) is 12.5 Å². The lowest BCUT2D eigenvalue weighted by Crippen LogP contribution is -2.00. The maximum absolute atomic E-state index is 12.3. The molecule has 0 amide bonds. The predicted octanol–water partition coefficient (Wildman–Crippen LogP) is 2.65. The van der Waals surface area contributed by atoms with Crippen LogP contribution in [0.5, 0.6) is 5.75 Å². The fourth-order valence-corrected chi connectivity index (χ4v) is 2.48. The second-order valence-corrected chi connectivity index (χ2v) is 5.16. The Labute approximate surface area is 135 Å². The van der Waals surface area contributed by atoms with Crippen LogP contribution in [0.3, 0.4) is 0 Å². The molecule has 0 unspecified atom stereocenters. The summed E-state index contributed by atoms with van der Waals surface area (Å²) in [4.78, 5) is 12.3. The molecule has 2 aromatic heterocycles. The van der Waals surface area contributed by atoms with E-state index in [0.717, 1.165) is 11.1 Å². The SMILES string of the molecule is COc1ccc2c(=O)cc(-c3ccc(-c4nnn[nH]4)cc3)oc2c1. The topological polar surface area (TPSA) is 93.9 Å². The highest BCUT2D eigenvalue weighted by Crippen LogP contribution is 2.26. The zero-order valence-corrected chi connectivity index (χ0v) is 12.7. The quantitative estimate of drug-likeness (QED) is 0.623. The van der Waals surface area contributed by atoms with Crippen LogP contribution in [0.2, 0.25) is 0 Å². The molecule has 1 N–H and O–H groups in total. The Bertz CT molecular complexity index is 1050. The summed E-state index contributed by atoms with van der Waals surface area (Å²) < 4.78 is 11.1. The number of nitrogens with zero attached hydrogens (tertiary/aromatic N) is 3. The van der Waals surface area contributed by atoms with Crippen molar-refractivity contribution in [2.24, 2.45) is 0 Å². The van der Waals surface area contributed by atoms with Crippen LogP contribution in [0, 0.1) is 0 Å². The summed E-state index contributed by atoms with van der Waals surface area (Å²) in [5, 5.41) is 14.2. The summed E-state index contributed by atoms with van der Waals surface area (Å²) in [6, 6.07) is 14.0. The van der Waals surface area contributed by atoms with Crippen LogP contribution in [0.1, 0.15) is 0 Å². The Morgan fingerprint density at radius 2 is 1.83 bits per heavy atom. The monoisotopic (exact) mass is 320 g/mol. The fraction of sp³-hybridized carbons (Fsp3) is 0.0588. The third-order valence-corrected chi connectivity index (χ3v) is 3.72. The lowest BCUT2D eigenvalue weighted by molar-refractivity contribution is 0.414. The van der Waals surface area contributed by atoms with E-state index < -0.39 is 0 Å². The Morgan fingerprint density at radius 3 is 2.54 bits per heavy atom. The van der Waals surface area contributed by atoms with Gasteiger partial charge in [0.2, 0.25) is 0 Å². The van der Waals surface area contributed by atoms with Crippen LogP contribution in [-0.4, -0.2) is 27.7 Å². The van der Waals surface area contributed by atoms with Crippen LogP contribution >= 0.6 is 0 Å². The highest BCUT2D eigenvalue weighted by atomic mass is 16.5. The second-order valence-electron chi connectivity index (χ2n) is 5.16. The molecule has 0 aliphatic heterocycles. The average Bonchev–Trinajstić information content (AvgIpc) is 3.16. The average molecular weight is 320 g/mol. The molecule has 0 radical (unpaired) electrons. The van der Waals surface area contributed by atoms with Crippen LogP contribution in [0.15, 0.2) is 57.7 Å². The van der Waals surface area contributed by atoms with E-state index in [2.05, 4.69) is 20.6 Å². The number of benzene rings is 2. The summed E-state index contributed by atoms with van der Waals surface area (Å²) in [5.41, 5.74) is 2.01. The van der Waals surface area contributed by atoms with E-state index in [1.54, 1.807) is 25.3 Å². The molecule has 0 spiro atoms. The molecule has 0 fully saturated rings. The maximum atomic E-state index is 12.3. The minimum absolute atomic E-state index is 0.0996. The number of methoxy groups -OCH3 is 1. The molecule has 0 saturated carbocycles. The predicted molar refractivity (Wildman–Crippen MR) is 87.6 cm³/mol. The zero-order valence-electron chi connectivity index (χ0n) is 12.7. The second kappa shape index (κ2) is 5.62. The first-order chi connectivity index (χ1) is 11.7. The highest BCUT2D eigenvalue weighted by molar-refractivity contribution is 5.80. The number of fused-ring (bicyclic) bond motifs is 1. The molecule has 0 aliphatic rings. The first kappa shape index (κ1) is 14.1. The standard InChI is InChI=1S/C17H12N4O3/c1-23-12-6-7-13-14(22)9-15(24-16(13)8-12)10-2-4-11(5-3-10)17-18-20-21-19-17/h2-9H,1H3,(H,18,19,20,21). The van der Waals surface area contributed by atoms with Crippen molar-refractivity contribution in [3.63, 3.8) is 0 Å². The van der Waals surface area contributed by atoms with Gasteiger partial charge in [-0.25, -0.2) is 5.10 Å². The molecule has 4 aromatic rings. The number of rotatable bonds is 3. The largest absolute Gasteiger partial charge is 0.497 e. The summed E-state index contributed by atoms with van der Waals surface area (Å²) in [6.45, 7) is 0. The first-order valence-corrected chi connectivity index (χ1v) is 7.21. The van der Waals surface area contributed by atoms with E-state index in [1.807, 2.05) is 24.3 Å². The van der Waals surface area contributed by atoms with Crippen LogP contribution in [0.4, 0.5) is 0 Å². The number of aromatic nitrogens is 4. The van der Waals surface area contributed by atoms with Gasteiger partial charge in [-0.15, -0.1) is 5.10 Å². The van der Waals surface area contributed by atoms with Crippen molar-refractivity contribution in [1.82, 2.24) is 20.6 Å². The van der Waals surface area contributed by atoms with Crippen molar-refractivity contribution in [2.75, 3.05) is 7.11 Å². The number of hydrogen-bond donors (Lipinski definition) is 1. The van der Waals surface area contributed by atoms with Crippen molar-refractivity contribution in [3.05, 3.63) is 58.8 Å². The number of hydrogen-bond acceptors (Lipinski definition) is 6. The third kappa shape index (κ3) is 2.41. The minimum Gasteiger partial charge on any atom is -0.497 e. The van der Waals surface area contributed by atoms with Gasteiger partial charge < -0.3 is 9.15 Å². The lowest BCUT2D eigenvalue weighted by Gasteiger charge is -2.05. The van der Waals surface area contributed by atoms with Gasteiger partial charge in [-0.05, 0) is 22.6 Å². The summed E-state index contributed by atoms with van der Waals surface area (Å²) in [7, 11) is 1.57. The van der Waals surface area contributed by atoms with Gasteiger partial charge >= 0.3 is 0 Å². The summed E-state index contributed by atoms with van der Waals surface area (Å²) >= 11 is 0. The number of aromatic amines is 1. The number of tetrazole rings is 1. The maximum Gasteiger partial charge on any atom is 0.193 e. The highest BCUT2D eigenvalue weighted by Gasteiger charge is 2.09. The van der Waals surface area contributed by atoms with Crippen molar-refractivity contribution in [2.45, 2.75) is 0 Å². The zero-order chi connectivity index (χ0) is 16.5. The van der Waals surface area contributed by atoms with Crippen molar-refractivity contribution < 1.29 is 9.15 Å². The van der Waals surface area contributed by atoms with Crippen LogP contribution < -0.4 is 10.2 Å². The first-order valence-electron chi connectivity index (χ1n) is 7.21. The van der Waals surface area contributed by atoms with E-state index in [1.165, 1.54) is 6.07 Å². The lowest BCUT2D eigenvalue weighted by atomic mass is 10.1. The smallest absolute Gasteiger partial charge is 0.193 e. The molecule has 24 heavy (non-hydrogen) atoms. The van der Waals surface area contributed by atoms with E-state index in [9.17, 15) is 4.79 Å². The van der Waals surface area contributed by atoms with E-state index in [4.69, 9.17) is 9.15 Å². The summed E-state index contributed by atoms with van der Waals surface area (Å²) in [6.07, 6.45) is 0. The van der Waals surface area contributed by atoms with Gasteiger partial charge in [0, 0.05) is 23.3 Å². The molecule has 2 heterocycles. The van der Waals surface area contributed by atoms with Crippen LogP contribution in [0.25, 0.3) is 33.7 Å². The molecule has 2 aromatic carbocycles. The fourth-order valence-electron chi connectivity index (χ4n) is 2.48. The molecule has 7 heteroatoms. The van der Waals surface area contributed by atoms with Gasteiger partial charge in [-0.2, -0.15) is 0 Å². The number of H-pyrrole nitrogens is 1. The molecule has 0 aliphatic carbocycles. The van der Waals surface area contributed by atoms with Gasteiger partial charge in [0.25, 0.3) is 0 Å². The van der Waals surface area contributed by atoms with Gasteiger partial charge in [0.1, 0.15) is 17.1 Å². The van der Waals surface area contributed by atoms with E-state index >= 15 is 0 Å². The third-order valence-electron chi connectivity index (χ3n) is 3.72. The molecule has 118 valence electrons. The Morgan fingerprint density at radius 1 is 1.04 bits per heavy atom. The van der Waals surface area contributed by atoms with Gasteiger partial charge in [0.15, 0.2) is 11.3 Å². The molecule has 4 rings (SSSR count).